The van der Waals surface area contributed by atoms with Crippen LogP contribution in [-0.4, -0.2) is 47.1 Å². The Labute approximate surface area is 156 Å². The molecule has 0 N–H and O–H groups in total. The Morgan fingerprint density at radius 2 is 2.00 bits per heavy atom. The number of nitrogens with zero attached hydrogens (tertiary/aromatic N) is 3. The van der Waals surface area contributed by atoms with Crippen LogP contribution in [-0.2, 0) is 9.53 Å². The maximum Gasteiger partial charge on any atom is 0.410 e. The Morgan fingerprint density at radius 1 is 1.31 bits per heavy atom. The molecule has 2 amide bonds. The monoisotopic (exact) mass is 361 g/mol. The molecule has 0 aliphatic carbocycles. The number of aromatic nitrogens is 1. The van der Waals surface area contributed by atoms with Crippen molar-refractivity contribution < 1.29 is 14.3 Å². The summed E-state index contributed by atoms with van der Waals surface area (Å²) < 4.78 is 5.43. The molecule has 2 rings (SSSR count). The molecule has 1 aromatic heterocycles. The Bertz CT molecular complexity index is 590. The molecule has 0 unspecified atom stereocenters. The molecule has 0 atom stereocenters. The number of amides is 2. The number of rotatable bonds is 5. The van der Waals surface area contributed by atoms with E-state index >= 15 is 0 Å². The number of likely N-dealkylation sites (tertiary alicyclic amines) is 1. The van der Waals surface area contributed by atoms with Crippen molar-refractivity contribution in [3.63, 3.8) is 0 Å². The van der Waals surface area contributed by atoms with Gasteiger partial charge in [0.05, 0.1) is 11.9 Å². The van der Waals surface area contributed by atoms with E-state index in [-0.39, 0.29) is 12.0 Å². The fraction of sp³-hybridized carbons (Fsp3) is 0.650. The third-order valence-electron chi connectivity index (χ3n) is 4.44. The minimum Gasteiger partial charge on any atom is -0.444 e. The van der Waals surface area contributed by atoms with Crippen LogP contribution in [0.15, 0.2) is 24.5 Å². The third kappa shape index (κ3) is 6.00. The zero-order chi connectivity index (χ0) is 19.2. The topological polar surface area (TPSA) is 62.7 Å². The fourth-order valence-electron chi connectivity index (χ4n) is 3.14. The van der Waals surface area contributed by atoms with Gasteiger partial charge in [0.15, 0.2) is 0 Å². The molecule has 26 heavy (non-hydrogen) atoms. The lowest BCUT2D eigenvalue weighted by Gasteiger charge is -2.34. The van der Waals surface area contributed by atoms with Gasteiger partial charge in [-0.25, -0.2) is 4.79 Å². The molecular weight excluding hydrogens is 330 g/mol. The van der Waals surface area contributed by atoms with Gasteiger partial charge in [0.2, 0.25) is 5.91 Å². The van der Waals surface area contributed by atoms with Crippen LogP contribution in [0.4, 0.5) is 10.5 Å². The summed E-state index contributed by atoms with van der Waals surface area (Å²) >= 11 is 0. The standard InChI is InChI=1S/C20H31N3O3/c1-5-11-23(17-7-6-10-21-15-17)18(24)14-16-8-12-22(13-9-16)19(25)26-20(2,3)4/h6-7,10,15-16H,5,8-9,11-14H2,1-4H3. The highest BCUT2D eigenvalue weighted by Gasteiger charge is 2.29. The van der Waals surface area contributed by atoms with Crippen molar-refractivity contribution in [2.75, 3.05) is 24.5 Å². The van der Waals surface area contributed by atoms with Crippen molar-refractivity contribution in [3.05, 3.63) is 24.5 Å². The predicted octanol–water partition coefficient (Wildman–Crippen LogP) is 3.86. The first-order valence-corrected chi connectivity index (χ1v) is 9.48. The van der Waals surface area contributed by atoms with E-state index in [4.69, 9.17) is 4.74 Å². The third-order valence-corrected chi connectivity index (χ3v) is 4.44. The van der Waals surface area contributed by atoms with E-state index in [1.807, 2.05) is 37.8 Å². The second-order valence-corrected chi connectivity index (χ2v) is 7.87. The van der Waals surface area contributed by atoms with Gasteiger partial charge in [-0.05, 0) is 58.1 Å². The van der Waals surface area contributed by atoms with Crippen LogP contribution in [0.25, 0.3) is 0 Å². The molecule has 0 radical (unpaired) electrons. The van der Waals surface area contributed by atoms with Gasteiger partial charge < -0.3 is 14.5 Å². The van der Waals surface area contributed by atoms with Gasteiger partial charge in [0.25, 0.3) is 0 Å². The zero-order valence-corrected chi connectivity index (χ0v) is 16.4. The number of pyridine rings is 1. The predicted molar refractivity (Wildman–Crippen MR) is 102 cm³/mol. The van der Waals surface area contributed by atoms with Gasteiger partial charge >= 0.3 is 6.09 Å². The quantitative estimate of drug-likeness (QED) is 0.799. The summed E-state index contributed by atoms with van der Waals surface area (Å²) in [6, 6.07) is 3.77. The van der Waals surface area contributed by atoms with Crippen molar-refractivity contribution in [1.29, 1.82) is 0 Å². The number of anilines is 1. The molecule has 6 nitrogen and oxygen atoms in total. The van der Waals surface area contributed by atoms with E-state index in [1.165, 1.54) is 0 Å². The van der Waals surface area contributed by atoms with Gasteiger partial charge in [-0.1, -0.05) is 6.92 Å². The minimum atomic E-state index is -0.478. The molecule has 2 heterocycles. The largest absolute Gasteiger partial charge is 0.444 e. The van der Waals surface area contributed by atoms with Crippen LogP contribution < -0.4 is 4.90 Å². The van der Waals surface area contributed by atoms with Crippen LogP contribution in [0.5, 0.6) is 0 Å². The molecule has 1 saturated heterocycles. The average Bonchev–Trinajstić information content (AvgIpc) is 2.59. The van der Waals surface area contributed by atoms with E-state index in [0.717, 1.165) is 24.9 Å². The number of carbonyl (C=O) groups excluding carboxylic acids is 2. The lowest BCUT2D eigenvalue weighted by Crippen LogP contribution is -2.42. The maximum absolute atomic E-state index is 12.8. The molecule has 6 heteroatoms. The van der Waals surface area contributed by atoms with Crippen LogP contribution in [0, 0.1) is 5.92 Å². The summed E-state index contributed by atoms with van der Waals surface area (Å²) in [4.78, 5) is 32.6. The van der Waals surface area contributed by atoms with Crippen LogP contribution in [0.2, 0.25) is 0 Å². The summed E-state index contributed by atoms with van der Waals surface area (Å²) in [5.41, 5.74) is 0.374. The maximum atomic E-state index is 12.8. The normalized spacial score (nSPS) is 15.6. The highest BCUT2D eigenvalue weighted by atomic mass is 16.6. The average molecular weight is 361 g/mol. The number of hydrogen-bond acceptors (Lipinski definition) is 4. The lowest BCUT2D eigenvalue weighted by molar-refractivity contribution is -0.119. The minimum absolute atomic E-state index is 0.135. The van der Waals surface area contributed by atoms with Gasteiger partial charge in [-0.15, -0.1) is 0 Å². The molecule has 144 valence electrons. The first-order valence-electron chi connectivity index (χ1n) is 9.48. The van der Waals surface area contributed by atoms with Gasteiger partial charge in [0.1, 0.15) is 5.60 Å². The highest BCUT2D eigenvalue weighted by Crippen LogP contribution is 2.24. The Kier molecular flexibility index (Phi) is 7.00. The van der Waals surface area contributed by atoms with E-state index in [9.17, 15) is 9.59 Å². The molecule has 1 fully saturated rings. The number of carbonyl (C=O) groups is 2. The molecule has 1 aliphatic heterocycles. The molecule has 0 bridgehead atoms. The fourth-order valence-corrected chi connectivity index (χ4v) is 3.14. The Hall–Kier alpha value is -2.11. The second kappa shape index (κ2) is 9.01. The van der Waals surface area contributed by atoms with Crippen molar-refractivity contribution in [2.45, 2.75) is 59.0 Å². The number of hydrogen-bond donors (Lipinski definition) is 0. The molecule has 1 aromatic rings. The summed E-state index contributed by atoms with van der Waals surface area (Å²) in [5, 5.41) is 0. The molecule has 0 saturated carbocycles. The number of ether oxygens (including phenoxy) is 1. The van der Waals surface area contributed by atoms with E-state index in [0.29, 0.717) is 32.0 Å². The molecule has 1 aliphatic rings. The summed E-state index contributed by atoms with van der Waals surface area (Å²) in [6.07, 6.45) is 6.26. The van der Waals surface area contributed by atoms with E-state index in [2.05, 4.69) is 11.9 Å². The molecular formula is C20H31N3O3. The van der Waals surface area contributed by atoms with Crippen molar-refractivity contribution in [3.8, 4) is 0 Å². The molecule has 0 aromatic carbocycles. The Balaban J connectivity index is 1.87. The van der Waals surface area contributed by atoms with Gasteiger partial charge in [-0.2, -0.15) is 0 Å². The number of piperidine rings is 1. The zero-order valence-electron chi connectivity index (χ0n) is 16.4. The van der Waals surface area contributed by atoms with Crippen LogP contribution in [0.1, 0.15) is 53.4 Å². The molecule has 0 spiro atoms. The van der Waals surface area contributed by atoms with Crippen LogP contribution >= 0.6 is 0 Å². The van der Waals surface area contributed by atoms with Crippen molar-refractivity contribution in [2.24, 2.45) is 5.92 Å². The Morgan fingerprint density at radius 3 is 2.54 bits per heavy atom. The summed E-state index contributed by atoms with van der Waals surface area (Å²) in [5.74, 6) is 0.438. The first-order chi connectivity index (χ1) is 12.3. The van der Waals surface area contributed by atoms with Crippen LogP contribution in [0.3, 0.4) is 0 Å². The first kappa shape index (κ1) is 20.2. The highest BCUT2D eigenvalue weighted by molar-refractivity contribution is 5.93. The van der Waals surface area contributed by atoms with E-state index < -0.39 is 5.60 Å². The second-order valence-electron chi connectivity index (χ2n) is 7.87. The summed E-state index contributed by atoms with van der Waals surface area (Å²) in [6.45, 7) is 9.67. The smallest absolute Gasteiger partial charge is 0.410 e. The van der Waals surface area contributed by atoms with Crippen molar-refractivity contribution in [1.82, 2.24) is 9.88 Å². The van der Waals surface area contributed by atoms with Gasteiger partial charge in [-0.3, -0.25) is 9.78 Å². The summed E-state index contributed by atoms with van der Waals surface area (Å²) in [7, 11) is 0. The van der Waals surface area contributed by atoms with Crippen molar-refractivity contribution >= 4 is 17.7 Å². The van der Waals surface area contributed by atoms with E-state index in [1.54, 1.807) is 17.3 Å². The SMILES string of the molecule is CCCN(C(=O)CC1CCN(C(=O)OC(C)(C)C)CC1)c1cccnc1. The lowest BCUT2D eigenvalue weighted by atomic mass is 9.93. The van der Waals surface area contributed by atoms with Gasteiger partial charge in [0, 0.05) is 32.3 Å².